The lowest BCUT2D eigenvalue weighted by Gasteiger charge is -2.17. The van der Waals surface area contributed by atoms with Crippen LogP contribution in [0.15, 0.2) is 41.4 Å². The summed E-state index contributed by atoms with van der Waals surface area (Å²) in [6.07, 6.45) is -0.222. The molecule has 0 bridgehead atoms. The topological polar surface area (TPSA) is 74.8 Å². The summed E-state index contributed by atoms with van der Waals surface area (Å²) in [5.41, 5.74) is -0.455. The second-order valence-electron chi connectivity index (χ2n) is 5.96. The van der Waals surface area contributed by atoms with E-state index >= 15 is 0 Å². The molecule has 3 N–H and O–H groups in total. The minimum absolute atomic E-state index is 0.222. The molecule has 0 aliphatic carbocycles. The molecule has 0 spiro atoms. The van der Waals surface area contributed by atoms with Gasteiger partial charge in [-0.05, 0) is 43.3 Å². The predicted octanol–water partition coefficient (Wildman–Crippen LogP) is 3.33. The highest BCUT2D eigenvalue weighted by atomic mass is 35.5. The van der Waals surface area contributed by atoms with Crippen LogP contribution in [-0.2, 0) is 4.79 Å². The Hall–Kier alpha value is -2.94. The number of rotatable bonds is 7. The normalized spacial score (nSPS) is 12.3. The van der Waals surface area contributed by atoms with Gasteiger partial charge < -0.3 is 20.7 Å². The maximum Gasteiger partial charge on any atom is 0.243 e. The van der Waals surface area contributed by atoms with E-state index in [0.717, 1.165) is 12.1 Å². The maximum absolute atomic E-state index is 13.6. The summed E-state index contributed by atoms with van der Waals surface area (Å²) in [4.78, 5) is 15.9. The van der Waals surface area contributed by atoms with E-state index in [0.29, 0.717) is 23.3 Å². The molecule has 0 saturated carbocycles. The van der Waals surface area contributed by atoms with Crippen molar-refractivity contribution in [3.05, 3.63) is 58.9 Å². The zero-order valence-corrected chi connectivity index (χ0v) is 16.5. The van der Waals surface area contributed by atoms with Crippen LogP contribution in [0, 0.1) is 17.5 Å². The number of hydrogen-bond acceptors (Lipinski definition) is 3. The largest absolute Gasteiger partial charge is 0.489 e. The molecule has 0 heterocycles. The van der Waals surface area contributed by atoms with Crippen molar-refractivity contribution in [1.82, 2.24) is 10.6 Å². The van der Waals surface area contributed by atoms with E-state index in [1.807, 2.05) is 6.92 Å². The SMILES string of the molecule is CN=C(NCC(=O)Nc1ccc(F)c(F)c1F)NCC(C)Oc1ccc(Cl)cc1. The molecular weight excluding hydrogens is 409 g/mol. The number of carbonyl (C=O) groups excluding carboxylic acids is 1. The molecule has 0 fully saturated rings. The molecule has 156 valence electrons. The number of anilines is 1. The van der Waals surface area contributed by atoms with Crippen molar-refractivity contribution >= 4 is 29.2 Å². The van der Waals surface area contributed by atoms with Crippen LogP contribution in [-0.4, -0.2) is 38.1 Å². The van der Waals surface area contributed by atoms with Crippen LogP contribution >= 0.6 is 11.6 Å². The van der Waals surface area contributed by atoms with Gasteiger partial charge in [0.15, 0.2) is 23.4 Å². The average Bonchev–Trinajstić information content (AvgIpc) is 2.70. The van der Waals surface area contributed by atoms with Gasteiger partial charge >= 0.3 is 0 Å². The molecule has 2 aromatic carbocycles. The van der Waals surface area contributed by atoms with E-state index in [1.54, 1.807) is 24.3 Å². The van der Waals surface area contributed by atoms with Crippen molar-refractivity contribution < 1.29 is 22.7 Å². The van der Waals surface area contributed by atoms with Crippen LogP contribution in [0.1, 0.15) is 6.92 Å². The molecular formula is C19H20ClF3N4O2. The second-order valence-corrected chi connectivity index (χ2v) is 6.40. The Labute approximate surface area is 171 Å². The van der Waals surface area contributed by atoms with Crippen molar-refractivity contribution in [1.29, 1.82) is 0 Å². The average molecular weight is 429 g/mol. The molecule has 1 atom stereocenters. The number of guanidine groups is 1. The third-order valence-electron chi connectivity index (χ3n) is 3.66. The van der Waals surface area contributed by atoms with Gasteiger partial charge in [0.25, 0.3) is 0 Å². The molecule has 0 radical (unpaired) electrons. The minimum atomic E-state index is -1.65. The molecule has 2 aromatic rings. The molecule has 10 heteroatoms. The molecule has 1 amide bonds. The van der Waals surface area contributed by atoms with E-state index in [9.17, 15) is 18.0 Å². The summed E-state index contributed by atoms with van der Waals surface area (Å²) in [6, 6.07) is 8.58. The zero-order valence-electron chi connectivity index (χ0n) is 15.7. The van der Waals surface area contributed by atoms with Gasteiger partial charge in [0, 0.05) is 12.1 Å². The van der Waals surface area contributed by atoms with E-state index < -0.39 is 29.0 Å². The Bertz CT molecular complexity index is 879. The van der Waals surface area contributed by atoms with Gasteiger partial charge in [0.05, 0.1) is 18.8 Å². The monoisotopic (exact) mass is 428 g/mol. The van der Waals surface area contributed by atoms with Crippen LogP contribution in [0.2, 0.25) is 5.02 Å². The lowest BCUT2D eigenvalue weighted by atomic mass is 10.2. The van der Waals surface area contributed by atoms with E-state index in [2.05, 4.69) is 20.9 Å². The van der Waals surface area contributed by atoms with Crippen molar-refractivity contribution in [2.45, 2.75) is 13.0 Å². The first-order chi connectivity index (χ1) is 13.8. The Morgan fingerprint density at radius 2 is 1.79 bits per heavy atom. The number of ether oxygens (including phenoxy) is 1. The van der Waals surface area contributed by atoms with Crippen LogP contribution in [0.4, 0.5) is 18.9 Å². The standard InChI is InChI=1S/C19H20ClF3N4O2/c1-11(29-13-5-3-12(20)4-6-13)9-25-19(24-2)26-10-16(28)27-15-8-7-14(21)17(22)18(15)23/h3-8,11H,9-10H2,1-2H3,(H,27,28)(H2,24,25,26). The zero-order chi connectivity index (χ0) is 21.4. The lowest BCUT2D eigenvalue weighted by molar-refractivity contribution is -0.115. The Balaban J connectivity index is 1.78. The molecule has 0 saturated heterocycles. The second kappa shape index (κ2) is 10.6. The molecule has 0 aromatic heterocycles. The third-order valence-corrected chi connectivity index (χ3v) is 3.91. The van der Waals surface area contributed by atoms with Crippen LogP contribution < -0.4 is 20.7 Å². The highest BCUT2D eigenvalue weighted by molar-refractivity contribution is 6.30. The van der Waals surface area contributed by atoms with Gasteiger partial charge in [0.2, 0.25) is 5.91 Å². The van der Waals surface area contributed by atoms with E-state index in [-0.39, 0.29) is 12.6 Å². The summed E-state index contributed by atoms with van der Waals surface area (Å²) in [5.74, 6) is -4.16. The van der Waals surface area contributed by atoms with Crippen LogP contribution in [0.25, 0.3) is 0 Å². The highest BCUT2D eigenvalue weighted by Crippen LogP contribution is 2.19. The molecule has 0 aliphatic heterocycles. The number of carbonyl (C=O) groups is 1. The number of aliphatic imine (C=N–C) groups is 1. The van der Waals surface area contributed by atoms with Crippen molar-refractivity contribution in [3.63, 3.8) is 0 Å². The number of benzene rings is 2. The van der Waals surface area contributed by atoms with Crippen LogP contribution in [0.3, 0.4) is 0 Å². The summed E-state index contributed by atoms with van der Waals surface area (Å²) < 4.78 is 45.4. The number of nitrogens with one attached hydrogen (secondary N) is 3. The number of hydrogen-bond donors (Lipinski definition) is 3. The molecule has 2 rings (SSSR count). The molecule has 6 nitrogen and oxygen atoms in total. The first-order valence-electron chi connectivity index (χ1n) is 8.60. The highest BCUT2D eigenvalue weighted by Gasteiger charge is 2.15. The van der Waals surface area contributed by atoms with E-state index in [1.165, 1.54) is 7.05 Å². The van der Waals surface area contributed by atoms with Crippen molar-refractivity contribution in [2.24, 2.45) is 4.99 Å². The fourth-order valence-corrected chi connectivity index (χ4v) is 2.35. The Morgan fingerprint density at radius 1 is 1.10 bits per heavy atom. The smallest absolute Gasteiger partial charge is 0.243 e. The Morgan fingerprint density at radius 3 is 2.45 bits per heavy atom. The van der Waals surface area contributed by atoms with E-state index in [4.69, 9.17) is 16.3 Å². The Kier molecular flexibility index (Phi) is 8.14. The molecule has 1 unspecified atom stereocenters. The van der Waals surface area contributed by atoms with Gasteiger partial charge in [-0.2, -0.15) is 0 Å². The minimum Gasteiger partial charge on any atom is -0.489 e. The molecule has 0 aliphatic rings. The van der Waals surface area contributed by atoms with Gasteiger partial charge in [-0.25, -0.2) is 13.2 Å². The third kappa shape index (κ3) is 6.86. The fraction of sp³-hybridized carbons (Fsp3) is 0.263. The fourth-order valence-electron chi connectivity index (χ4n) is 2.23. The number of halogens is 4. The maximum atomic E-state index is 13.6. The summed E-state index contributed by atoms with van der Waals surface area (Å²) in [5, 5.41) is 8.46. The predicted molar refractivity (Wildman–Crippen MR) is 106 cm³/mol. The van der Waals surface area contributed by atoms with Crippen LogP contribution in [0.5, 0.6) is 5.75 Å². The van der Waals surface area contributed by atoms with Gasteiger partial charge in [-0.3, -0.25) is 9.79 Å². The first-order valence-corrected chi connectivity index (χ1v) is 8.98. The van der Waals surface area contributed by atoms with Gasteiger partial charge in [-0.15, -0.1) is 0 Å². The van der Waals surface area contributed by atoms with Crippen molar-refractivity contribution in [2.75, 3.05) is 25.5 Å². The summed E-state index contributed by atoms with van der Waals surface area (Å²) in [6.45, 7) is 1.94. The molecule has 29 heavy (non-hydrogen) atoms. The van der Waals surface area contributed by atoms with Gasteiger partial charge in [0.1, 0.15) is 11.9 Å². The lowest BCUT2D eigenvalue weighted by Crippen LogP contribution is -2.44. The number of amides is 1. The van der Waals surface area contributed by atoms with Crippen molar-refractivity contribution in [3.8, 4) is 5.75 Å². The first kappa shape index (κ1) is 22.4. The quantitative estimate of drug-likeness (QED) is 0.359. The number of nitrogens with zero attached hydrogens (tertiary/aromatic N) is 1. The summed E-state index contributed by atoms with van der Waals surface area (Å²) in [7, 11) is 1.51. The van der Waals surface area contributed by atoms with Gasteiger partial charge in [-0.1, -0.05) is 11.6 Å². The summed E-state index contributed by atoms with van der Waals surface area (Å²) >= 11 is 5.82.